The van der Waals surface area contributed by atoms with E-state index in [4.69, 9.17) is 4.74 Å². The highest BCUT2D eigenvalue weighted by Crippen LogP contribution is 2.19. The Labute approximate surface area is 168 Å². The molecule has 0 bridgehead atoms. The van der Waals surface area contributed by atoms with Crippen molar-refractivity contribution < 1.29 is 9.53 Å². The summed E-state index contributed by atoms with van der Waals surface area (Å²) in [6, 6.07) is 24.5. The summed E-state index contributed by atoms with van der Waals surface area (Å²) in [4.78, 5) is 29.4. The highest BCUT2D eigenvalue weighted by molar-refractivity contribution is 5.90. The van der Waals surface area contributed by atoms with Gasteiger partial charge in [-0.3, -0.25) is 9.36 Å². The number of aryl methyl sites for hydroxylation is 1. The summed E-state index contributed by atoms with van der Waals surface area (Å²) in [5.74, 6) is 0.182. The molecule has 3 aromatic carbocycles. The molecular weight excluding hydrogens is 364 g/mol. The van der Waals surface area contributed by atoms with E-state index in [0.717, 1.165) is 11.1 Å². The topological polar surface area (TPSA) is 61.2 Å². The number of fused-ring (bicyclic) bond motifs is 1. The predicted molar refractivity (Wildman–Crippen MR) is 113 cm³/mol. The molecule has 0 unspecified atom stereocenters. The van der Waals surface area contributed by atoms with E-state index < -0.39 is 5.97 Å². The fourth-order valence-corrected chi connectivity index (χ4v) is 3.28. The third-order valence-electron chi connectivity index (χ3n) is 4.83. The van der Waals surface area contributed by atoms with Gasteiger partial charge in [0.05, 0.1) is 23.0 Å². The number of esters is 1. The van der Waals surface area contributed by atoms with Crippen LogP contribution in [0.4, 0.5) is 0 Å². The number of hydrogen-bond acceptors (Lipinski definition) is 4. The van der Waals surface area contributed by atoms with Crippen molar-refractivity contribution in [3.63, 3.8) is 0 Å². The van der Waals surface area contributed by atoms with Crippen LogP contribution in [0.25, 0.3) is 22.0 Å². The lowest BCUT2D eigenvalue weighted by Gasteiger charge is -2.11. The molecule has 4 rings (SSSR count). The van der Waals surface area contributed by atoms with Crippen LogP contribution >= 0.6 is 0 Å². The number of carbonyl (C=O) groups excluding carboxylic acids is 1. The minimum absolute atomic E-state index is 0.0973. The number of hydrogen-bond donors (Lipinski definition) is 0. The monoisotopic (exact) mass is 384 g/mol. The molecule has 1 heterocycles. The van der Waals surface area contributed by atoms with Crippen molar-refractivity contribution >= 4 is 16.9 Å². The van der Waals surface area contributed by atoms with Crippen LogP contribution in [-0.4, -0.2) is 22.1 Å². The third-order valence-corrected chi connectivity index (χ3v) is 4.83. The number of aromatic nitrogens is 2. The Kier molecular flexibility index (Phi) is 5.20. The largest absolute Gasteiger partial charge is 0.460 e. The van der Waals surface area contributed by atoms with Crippen molar-refractivity contribution in [2.45, 2.75) is 13.5 Å². The van der Waals surface area contributed by atoms with E-state index in [1.807, 2.05) is 60.7 Å². The maximum atomic E-state index is 12.6. The average Bonchev–Trinajstić information content (AvgIpc) is 2.76. The van der Waals surface area contributed by atoms with E-state index in [0.29, 0.717) is 22.3 Å². The first kappa shape index (κ1) is 18.6. The van der Waals surface area contributed by atoms with Crippen molar-refractivity contribution in [3.05, 3.63) is 101 Å². The molecule has 1 aromatic heterocycles. The van der Waals surface area contributed by atoms with Gasteiger partial charge in [-0.1, -0.05) is 54.6 Å². The van der Waals surface area contributed by atoms with Gasteiger partial charge in [0, 0.05) is 0 Å². The van der Waals surface area contributed by atoms with E-state index >= 15 is 0 Å². The smallest absolute Gasteiger partial charge is 0.338 e. The quantitative estimate of drug-likeness (QED) is 0.483. The standard InChI is InChI=1S/C24H20N2O3/c1-17-25-22-10-6-5-9-21(22)23(27)26(17)15-16-29-24(28)20-13-11-19(12-14-20)18-7-3-2-4-8-18/h2-14H,15-16H2,1H3. The second-order valence-electron chi connectivity index (χ2n) is 6.71. The summed E-state index contributed by atoms with van der Waals surface area (Å²) in [7, 11) is 0. The summed E-state index contributed by atoms with van der Waals surface area (Å²) >= 11 is 0. The Bertz CT molecular complexity index is 1210. The van der Waals surface area contributed by atoms with E-state index in [9.17, 15) is 9.59 Å². The fraction of sp³-hybridized carbons (Fsp3) is 0.125. The normalized spacial score (nSPS) is 10.8. The lowest BCUT2D eigenvalue weighted by Crippen LogP contribution is -2.26. The maximum absolute atomic E-state index is 12.6. The summed E-state index contributed by atoms with van der Waals surface area (Å²) in [5.41, 5.74) is 3.14. The van der Waals surface area contributed by atoms with Gasteiger partial charge in [-0.25, -0.2) is 9.78 Å². The Morgan fingerprint density at radius 2 is 1.55 bits per heavy atom. The minimum atomic E-state index is -0.413. The van der Waals surface area contributed by atoms with Crippen LogP contribution in [0.1, 0.15) is 16.2 Å². The van der Waals surface area contributed by atoms with E-state index in [1.54, 1.807) is 25.1 Å². The van der Waals surface area contributed by atoms with Crippen LogP contribution in [0.15, 0.2) is 83.7 Å². The first-order valence-corrected chi connectivity index (χ1v) is 9.42. The van der Waals surface area contributed by atoms with Gasteiger partial charge in [-0.15, -0.1) is 0 Å². The maximum Gasteiger partial charge on any atom is 0.338 e. The molecule has 0 aliphatic heterocycles. The van der Waals surface area contributed by atoms with Gasteiger partial charge in [-0.2, -0.15) is 0 Å². The van der Waals surface area contributed by atoms with Crippen LogP contribution in [0, 0.1) is 6.92 Å². The second kappa shape index (κ2) is 8.10. The molecule has 144 valence electrons. The Morgan fingerprint density at radius 3 is 2.31 bits per heavy atom. The second-order valence-corrected chi connectivity index (χ2v) is 6.71. The Morgan fingerprint density at radius 1 is 0.897 bits per heavy atom. The molecule has 0 saturated heterocycles. The van der Waals surface area contributed by atoms with Crippen molar-refractivity contribution in [1.82, 2.24) is 9.55 Å². The van der Waals surface area contributed by atoms with E-state index in [2.05, 4.69) is 4.98 Å². The van der Waals surface area contributed by atoms with Gasteiger partial charge < -0.3 is 4.74 Å². The SMILES string of the molecule is Cc1nc2ccccc2c(=O)n1CCOC(=O)c1ccc(-c2ccccc2)cc1. The Hall–Kier alpha value is -3.73. The zero-order valence-electron chi connectivity index (χ0n) is 16.0. The number of nitrogens with zero attached hydrogens (tertiary/aromatic N) is 2. The van der Waals surface area contributed by atoms with Gasteiger partial charge in [-0.05, 0) is 42.3 Å². The molecule has 0 N–H and O–H groups in total. The molecular formula is C24H20N2O3. The first-order chi connectivity index (χ1) is 14.1. The summed E-state index contributed by atoms with van der Waals surface area (Å²) in [6.07, 6.45) is 0. The number of para-hydroxylation sites is 1. The molecule has 0 atom stereocenters. The molecule has 0 aliphatic carbocycles. The van der Waals surface area contributed by atoms with E-state index in [1.165, 1.54) is 4.57 Å². The molecule has 5 nitrogen and oxygen atoms in total. The van der Waals surface area contributed by atoms with E-state index in [-0.39, 0.29) is 18.7 Å². The lowest BCUT2D eigenvalue weighted by atomic mass is 10.0. The van der Waals surface area contributed by atoms with Gasteiger partial charge in [0.2, 0.25) is 0 Å². The van der Waals surface area contributed by atoms with Gasteiger partial charge in [0.15, 0.2) is 0 Å². The van der Waals surface area contributed by atoms with Crippen molar-refractivity contribution in [1.29, 1.82) is 0 Å². The lowest BCUT2D eigenvalue weighted by molar-refractivity contribution is 0.0489. The fourth-order valence-electron chi connectivity index (χ4n) is 3.28. The van der Waals surface area contributed by atoms with Crippen molar-refractivity contribution in [3.8, 4) is 11.1 Å². The molecule has 0 fully saturated rings. The zero-order chi connectivity index (χ0) is 20.2. The third kappa shape index (κ3) is 3.94. The van der Waals surface area contributed by atoms with Crippen LogP contribution in [0.3, 0.4) is 0 Å². The van der Waals surface area contributed by atoms with Gasteiger partial charge >= 0.3 is 5.97 Å². The van der Waals surface area contributed by atoms with Crippen molar-refractivity contribution in [2.75, 3.05) is 6.61 Å². The first-order valence-electron chi connectivity index (χ1n) is 9.42. The predicted octanol–water partition coefficient (Wildman–Crippen LogP) is 4.23. The van der Waals surface area contributed by atoms with Crippen LogP contribution in [-0.2, 0) is 11.3 Å². The Balaban J connectivity index is 1.43. The molecule has 0 radical (unpaired) electrons. The molecule has 0 spiro atoms. The van der Waals surface area contributed by atoms with Crippen LogP contribution < -0.4 is 5.56 Å². The summed E-state index contributed by atoms with van der Waals surface area (Å²) in [5, 5.41) is 0.556. The molecule has 0 aliphatic rings. The number of carbonyl (C=O) groups is 1. The van der Waals surface area contributed by atoms with Crippen LogP contribution in [0.5, 0.6) is 0 Å². The zero-order valence-corrected chi connectivity index (χ0v) is 16.0. The minimum Gasteiger partial charge on any atom is -0.460 e. The summed E-state index contributed by atoms with van der Waals surface area (Å²) < 4.78 is 6.91. The molecule has 0 saturated carbocycles. The summed E-state index contributed by atoms with van der Waals surface area (Å²) in [6.45, 7) is 2.13. The number of ether oxygens (including phenoxy) is 1. The number of benzene rings is 3. The highest BCUT2D eigenvalue weighted by Gasteiger charge is 2.10. The average molecular weight is 384 g/mol. The molecule has 4 aromatic rings. The molecule has 0 amide bonds. The van der Waals surface area contributed by atoms with Crippen molar-refractivity contribution in [2.24, 2.45) is 0 Å². The molecule has 5 heteroatoms. The van der Waals surface area contributed by atoms with Gasteiger partial charge in [0.1, 0.15) is 12.4 Å². The molecule has 29 heavy (non-hydrogen) atoms. The number of rotatable bonds is 5. The highest BCUT2D eigenvalue weighted by atomic mass is 16.5. The van der Waals surface area contributed by atoms with Gasteiger partial charge in [0.25, 0.3) is 5.56 Å². The van der Waals surface area contributed by atoms with Crippen LogP contribution in [0.2, 0.25) is 0 Å².